The molecular weight excluding hydrogens is 298 g/mol. The summed E-state index contributed by atoms with van der Waals surface area (Å²) in [6.07, 6.45) is 1.98. The molecule has 2 atom stereocenters. The fraction of sp³-hybridized carbons (Fsp3) is 0.438. The SMILES string of the molecule is C[C@H](NC(=O)Cn1nc(-c2ccccc2)oc1=O)[C@@H]1CCCO1. The Balaban J connectivity index is 1.64. The minimum atomic E-state index is -0.649. The molecule has 1 saturated heterocycles. The van der Waals surface area contributed by atoms with E-state index in [4.69, 9.17) is 9.15 Å². The lowest BCUT2D eigenvalue weighted by Crippen LogP contribution is -2.43. The van der Waals surface area contributed by atoms with Crippen molar-refractivity contribution in [3.63, 3.8) is 0 Å². The first-order valence-electron chi connectivity index (χ1n) is 7.68. The van der Waals surface area contributed by atoms with Crippen molar-refractivity contribution < 1.29 is 13.9 Å². The molecule has 0 saturated carbocycles. The van der Waals surface area contributed by atoms with E-state index in [2.05, 4.69) is 10.4 Å². The van der Waals surface area contributed by atoms with Crippen molar-refractivity contribution >= 4 is 5.91 Å². The molecule has 0 bridgehead atoms. The van der Waals surface area contributed by atoms with Crippen LogP contribution in [-0.2, 0) is 16.1 Å². The van der Waals surface area contributed by atoms with E-state index < -0.39 is 5.76 Å². The number of nitrogens with zero attached hydrogens (tertiary/aromatic N) is 2. The van der Waals surface area contributed by atoms with Gasteiger partial charge < -0.3 is 14.5 Å². The minimum absolute atomic E-state index is 0.0351. The van der Waals surface area contributed by atoms with Crippen LogP contribution in [0.3, 0.4) is 0 Å². The predicted octanol–water partition coefficient (Wildman–Crippen LogP) is 1.19. The van der Waals surface area contributed by atoms with Gasteiger partial charge in [-0.05, 0) is 31.9 Å². The number of hydrogen-bond acceptors (Lipinski definition) is 5. The molecule has 1 aliphatic rings. The zero-order valence-corrected chi connectivity index (χ0v) is 12.9. The number of hydrogen-bond donors (Lipinski definition) is 1. The maximum atomic E-state index is 12.1. The van der Waals surface area contributed by atoms with Crippen LogP contribution < -0.4 is 11.1 Å². The normalized spacial score (nSPS) is 18.7. The summed E-state index contributed by atoms with van der Waals surface area (Å²) in [7, 11) is 0. The highest BCUT2D eigenvalue weighted by molar-refractivity contribution is 5.76. The van der Waals surface area contributed by atoms with Crippen LogP contribution in [0.1, 0.15) is 19.8 Å². The summed E-state index contributed by atoms with van der Waals surface area (Å²) < 4.78 is 11.7. The lowest BCUT2D eigenvalue weighted by molar-refractivity contribution is -0.123. The van der Waals surface area contributed by atoms with Gasteiger partial charge in [0.15, 0.2) is 0 Å². The first-order valence-corrected chi connectivity index (χ1v) is 7.68. The number of nitrogens with one attached hydrogen (secondary N) is 1. The van der Waals surface area contributed by atoms with E-state index in [-0.39, 0.29) is 30.5 Å². The van der Waals surface area contributed by atoms with E-state index in [9.17, 15) is 9.59 Å². The Bertz CT molecular complexity index is 716. The van der Waals surface area contributed by atoms with Gasteiger partial charge in [0, 0.05) is 12.2 Å². The summed E-state index contributed by atoms with van der Waals surface area (Å²) in [5.74, 6) is -0.734. The van der Waals surface area contributed by atoms with Crippen molar-refractivity contribution in [3.8, 4) is 11.5 Å². The summed E-state index contributed by atoms with van der Waals surface area (Å²) in [4.78, 5) is 23.9. The van der Waals surface area contributed by atoms with Crippen LogP contribution in [0.25, 0.3) is 11.5 Å². The molecule has 7 nitrogen and oxygen atoms in total. The summed E-state index contributed by atoms with van der Waals surface area (Å²) in [5, 5.41) is 6.91. The second-order valence-corrected chi connectivity index (χ2v) is 5.60. The van der Waals surface area contributed by atoms with Crippen LogP contribution in [0.4, 0.5) is 0 Å². The maximum Gasteiger partial charge on any atom is 0.437 e. The number of carbonyl (C=O) groups is 1. The number of rotatable bonds is 5. The first kappa shape index (κ1) is 15.5. The predicted molar refractivity (Wildman–Crippen MR) is 82.8 cm³/mol. The van der Waals surface area contributed by atoms with Crippen LogP contribution in [0, 0.1) is 0 Å². The standard InChI is InChI=1S/C16H19N3O4/c1-11(13-8-5-9-22-13)17-14(20)10-19-16(21)23-15(18-19)12-6-3-2-4-7-12/h2-4,6-7,11,13H,5,8-10H2,1H3,(H,17,20)/t11-,13-/m0/s1. The molecule has 3 rings (SSSR count). The molecule has 0 radical (unpaired) electrons. The van der Waals surface area contributed by atoms with Crippen molar-refractivity contribution in [2.75, 3.05) is 6.61 Å². The number of carbonyl (C=O) groups excluding carboxylic acids is 1. The van der Waals surface area contributed by atoms with Gasteiger partial charge in [0.05, 0.1) is 12.1 Å². The van der Waals surface area contributed by atoms with E-state index >= 15 is 0 Å². The summed E-state index contributed by atoms with van der Waals surface area (Å²) >= 11 is 0. The van der Waals surface area contributed by atoms with Gasteiger partial charge in [-0.15, -0.1) is 5.10 Å². The van der Waals surface area contributed by atoms with Crippen molar-refractivity contribution in [1.82, 2.24) is 15.1 Å². The summed E-state index contributed by atoms with van der Waals surface area (Å²) in [6, 6.07) is 8.98. The van der Waals surface area contributed by atoms with Gasteiger partial charge >= 0.3 is 5.76 Å². The van der Waals surface area contributed by atoms with Gasteiger partial charge in [0.1, 0.15) is 6.54 Å². The van der Waals surface area contributed by atoms with Gasteiger partial charge in [-0.25, -0.2) is 4.79 Å². The number of benzene rings is 1. The Morgan fingerprint density at radius 1 is 1.43 bits per heavy atom. The molecule has 1 aromatic heterocycles. The highest BCUT2D eigenvalue weighted by Crippen LogP contribution is 2.16. The molecule has 23 heavy (non-hydrogen) atoms. The van der Waals surface area contributed by atoms with Crippen molar-refractivity contribution in [1.29, 1.82) is 0 Å². The fourth-order valence-corrected chi connectivity index (χ4v) is 2.63. The third kappa shape index (κ3) is 3.68. The van der Waals surface area contributed by atoms with Crippen LogP contribution in [0.2, 0.25) is 0 Å². The van der Waals surface area contributed by atoms with Crippen molar-refractivity contribution in [2.24, 2.45) is 0 Å². The Kier molecular flexibility index (Phi) is 4.57. The van der Waals surface area contributed by atoms with Gasteiger partial charge in [0.2, 0.25) is 11.8 Å². The van der Waals surface area contributed by atoms with Gasteiger partial charge in [-0.2, -0.15) is 4.68 Å². The summed E-state index contributed by atoms with van der Waals surface area (Å²) in [6.45, 7) is 2.45. The quantitative estimate of drug-likeness (QED) is 0.895. The molecule has 1 aliphatic heterocycles. The molecule has 1 fully saturated rings. The van der Waals surface area contributed by atoms with Crippen LogP contribution in [0.15, 0.2) is 39.5 Å². The van der Waals surface area contributed by atoms with Gasteiger partial charge in [0.25, 0.3) is 0 Å². The number of amides is 1. The highest BCUT2D eigenvalue weighted by atomic mass is 16.5. The lowest BCUT2D eigenvalue weighted by Gasteiger charge is -2.19. The molecule has 1 amide bonds. The second-order valence-electron chi connectivity index (χ2n) is 5.60. The Morgan fingerprint density at radius 2 is 2.22 bits per heavy atom. The Morgan fingerprint density at radius 3 is 2.91 bits per heavy atom. The molecule has 1 N–H and O–H groups in total. The molecule has 0 spiro atoms. The molecule has 1 aromatic carbocycles. The van der Waals surface area contributed by atoms with Crippen LogP contribution >= 0.6 is 0 Å². The van der Waals surface area contributed by atoms with E-state index in [0.29, 0.717) is 5.56 Å². The van der Waals surface area contributed by atoms with Crippen molar-refractivity contribution in [2.45, 2.75) is 38.5 Å². The fourth-order valence-electron chi connectivity index (χ4n) is 2.63. The van der Waals surface area contributed by atoms with Crippen LogP contribution in [0.5, 0.6) is 0 Å². The smallest absolute Gasteiger partial charge is 0.388 e. The van der Waals surface area contributed by atoms with E-state index in [1.54, 1.807) is 12.1 Å². The zero-order valence-electron chi connectivity index (χ0n) is 12.9. The van der Waals surface area contributed by atoms with Crippen molar-refractivity contribution in [3.05, 3.63) is 40.9 Å². The average Bonchev–Trinajstić information content (AvgIpc) is 3.19. The van der Waals surface area contributed by atoms with E-state index in [1.165, 1.54) is 0 Å². The molecule has 122 valence electrons. The van der Waals surface area contributed by atoms with E-state index in [0.717, 1.165) is 24.1 Å². The highest BCUT2D eigenvalue weighted by Gasteiger charge is 2.24. The van der Waals surface area contributed by atoms with Gasteiger partial charge in [-0.3, -0.25) is 4.79 Å². The largest absolute Gasteiger partial charge is 0.437 e. The monoisotopic (exact) mass is 317 g/mol. The molecule has 2 aromatic rings. The second kappa shape index (κ2) is 6.78. The third-order valence-electron chi connectivity index (χ3n) is 3.83. The zero-order chi connectivity index (χ0) is 16.2. The average molecular weight is 317 g/mol. The summed E-state index contributed by atoms with van der Waals surface area (Å²) in [5.41, 5.74) is 0.691. The molecule has 0 aliphatic carbocycles. The van der Waals surface area contributed by atoms with E-state index in [1.807, 2.05) is 25.1 Å². The molecular formula is C16H19N3O4. The molecule has 0 unspecified atom stereocenters. The van der Waals surface area contributed by atoms with Crippen LogP contribution in [-0.4, -0.2) is 34.4 Å². The molecule has 7 heteroatoms. The maximum absolute atomic E-state index is 12.1. The first-order chi connectivity index (χ1) is 11.1. The Labute approximate surface area is 133 Å². The topological polar surface area (TPSA) is 86.4 Å². The third-order valence-corrected chi connectivity index (χ3v) is 3.83. The van der Waals surface area contributed by atoms with Gasteiger partial charge in [-0.1, -0.05) is 18.2 Å². The Hall–Kier alpha value is -2.41. The lowest BCUT2D eigenvalue weighted by atomic mass is 10.1. The number of ether oxygens (including phenoxy) is 1. The number of aromatic nitrogens is 2. The minimum Gasteiger partial charge on any atom is -0.388 e. The molecule has 2 heterocycles.